The maximum absolute atomic E-state index is 11.9. The van der Waals surface area contributed by atoms with Gasteiger partial charge in [0.25, 0.3) is 0 Å². The molecule has 0 saturated heterocycles. The molecule has 1 aliphatic rings. The summed E-state index contributed by atoms with van der Waals surface area (Å²) in [5.41, 5.74) is 3.04. The van der Waals surface area contributed by atoms with Gasteiger partial charge in [0.05, 0.1) is 0 Å². The Bertz CT molecular complexity index is 761. The van der Waals surface area contributed by atoms with E-state index in [1.54, 1.807) is 30.3 Å². The van der Waals surface area contributed by atoms with Gasteiger partial charge in [-0.15, -0.1) is 0 Å². The van der Waals surface area contributed by atoms with Crippen molar-refractivity contribution in [2.24, 2.45) is 4.99 Å². The number of carbonyl (C=O) groups excluding carboxylic acids is 1. The average molecular weight is 298 g/mol. The molecule has 0 aromatic heterocycles. The molecule has 1 heterocycles. The highest BCUT2D eigenvalue weighted by molar-refractivity contribution is 6.31. The first-order valence-electron chi connectivity index (χ1n) is 6.47. The SMILES string of the molecule is Cc1ccc(/C=C2/N=C(c3cccc(Cl)c3)OC2=O)cc1. The van der Waals surface area contributed by atoms with E-state index in [4.69, 9.17) is 16.3 Å². The lowest BCUT2D eigenvalue weighted by atomic mass is 10.1. The van der Waals surface area contributed by atoms with E-state index in [0.29, 0.717) is 10.6 Å². The minimum absolute atomic E-state index is 0.279. The largest absolute Gasteiger partial charge is 0.402 e. The zero-order valence-corrected chi connectivity index (χ0v) is 12.1. The van der Waals surface area contributed by atoms with E-state index in [1.165, 1.54) is 0 Å². The smallest absolute Gasteiger partial charge is 0.363 e. The molecule has 1 aliphatic heterocycles. The summed E-state index contributed by atoms with van der Waals surface area (Å²) in [6.45, 7) is 2.01. The van der Waals surface area contributed by atoms with Crippen molar-refractivity contribution in [1.82, 2.24) is 0 Å². The highest BCUT2D eigenvalue weighted by Crippen LogP contribution is 2.21. The zero-order chi connectivity index (χ0) is 14.8. The molecule has 0 amide bonds. The number of aryl methyl sites for hydroxylation is 1. The van der Waals surface area contributed by atoms with Crippen LogP contribution in [-0.2, 0) is 9.53 Å². The van der Waals surface area contributed by atoms with Gasteiger partial charge in [0.1, 0.15) is 0 Å². The first-order chi connectivity index (χ1) is 10.1. The van der Waals surface area contributed by atoms with Crippen molar-refractivity contribution < 1.29 is 9.53 Å². The topological polar surface area (TPSA) is 38.7 Å². The van der Waals surface area contributed by atoms with Gasteiger partial charge in [0, 0.05) is 10.6 Å². The van der Waals surface area contributed by atoms with Crippen molar-refractivity contribution in [2.45, 2.75) is 6.92 Å². The van der Waals surface area contributed by atoms with E-state index in [0.717, 1.165) is 11.1 Å². The predicted octanol–water partition coefficient (Wildman–Crippen LogP) is 3.99. The number of hydrogen-bond acceptors (Lipinski definition) is 3. The summed E-state index contributed by atoms with van der Waals surface area (Å²) < 4.78 is 5.20. The number of halogens is 1. The van der Waals surface area contributed by atoms with Crippen LogP contribution in [0.25, 0.3) is 6.08 Å². The van der Waals surface area contributed by atoms with Gasteiger partial charge >= 0.3 is 5.97 Å². The Morgan fingerprint density at radius 2 is 1.90 bits per heavy atom. The second-order valence-electron chi connectivity index (χ2n) is 4.76. The summed E-state index contributed by atoms with van der Waals surface area (Å²) in [5, 5.41) is 0.571. The van der Waals surface area contributed by atoms with Gasteiger partial charge in [-0.2, -0.15) is 0 Å². The van der Waals surface area contributed by atoms with Gasteiger partial charge in [-0.05, 0) is 36.8 Å². The third-order valence-corrected chi connectivity index (χ3v) is 3.31. The van der Waals surface area contributed by atoms with Crippen LogP contribution in [0, 0.1) is 6.92 Å². The number of benzene rings is 2. The molecule has 3 nitrogen and oxygen atoms in total. The van der Waals surface area contributed by atoms with Crippen LogP contribution < -0.4 is 0 Å². The molecular weight excluding hydrogens is 286 g/mol. The van der Waals surface area contributed by atoms with E-state index >= 15 is 0 Å². The fraction of sp³-hybridized carbons (Fsp3) is 0.0588. The van der Waals surface area contributed by atoms with Gasteiger partial charge in [0.2, 0.25) is 5.90 Å². The molecule has 0 spiro atoms. The molecule has 0 fully saturated rings. The first kappa shape index (κ1) is 13.6. The number of nitrogens with zero attached hydrogens (tertiary/aromatic N) is 1. The number of cyclic esters (lactones) is 1. The van der Waals surface area contributed by atoms with Crippen molar-refractivity contribution in [3.05, 3.63) is 75.9 Å². The van der Waals surface area contributed by atoms with Crippen molar-refractivity contribution in [3.63, 3.8) is 0 Å². The van der Waals surface area contributed by atoms with Crippen LogP contribution in [0.3, 0.4) is 0 Å². The summed E-state index contributed by atoms with van der Waals surface area (Å²) >= 11 is 5.93. The molecule has 0 saturated carbocycles. The molecule has 0 bridgehead atoms. The van der Waals surface area contributed by atoms with Crippen LogP contribution >= 0.6 is 11.6 Å². The number of carbonyl (C=O) groups is 1. The van der Waals surface area contributed by atoms with Gasteiger partial charge in [-0.1, -0.05) is 47.5 Å². The van der Waals surface area contributed by atoms with Crippen molar-refractivity contribution in [3.8, 4) is 0 Å². The summed E-state index contributed by atoms with van der Waals surface area (Å²) in [6, 6.07) is 14.9. The summed E-state index contributed by atoms with van der Waals surface area (Å²) in [6.07, 6.45) is 1.71. The standard InChI is InChI=1S/C17H12ClNO2/c1-11-5-7-12(8-6-11)9-15-17(20)21-16(19-15)13-3-2-4-14(18)10-13/h2-10H,1H3/b15-9+. The predicted molar refractivity (Wildman–Crippen MR) is 83.2 cm³/mol. The molecule has 2 aromatic rings. The van der Waals surface area contributed by atoms with Crippen LogP contribution in [0.15, 0.2) is 59.2 Å². The Kier molecular flexibility index (Phi) is 3.59. The van der Waals surface area contributed by atoms with Crippen LogP contribution in [0.5, 0.6) is 0 Å². The molecule has 3 rings (SSSR count). The molecule has 0 N–H and O–H groups in total. The minimum Gasteiger partial charge on any atom is -0.402 e. The van der Waals surface area contributed by atoms with Crippen LogP contribution in [-0.4, -0.2) is 11.9 Å². The monoisotopic (exact) mass is 297 g/mol. The van der Waals surface area contributed by atoms with Gasteiger partial charge in [-0.25, -0.2) is 9.79 Å². The first-order valence-corrected chi connectivity index (χ1v) is 6.85. The molecule has 4 heteroatoms. The van der Waals surface area contributed by atoms with E-state index in [9.17, 15) is 4.79 Å². The van der Waals surface area contributed by atoms with E-state index in [1.807, 2.05) is 31.2 Å². The normalized spacial score (nSPS) is 16.0. The Morgan fingerprint density at radius 1 is 1.14 bits per heavy atom. The number of esters is 1. The molecule has 104 valence electrons. The Balaban J connectivity index is 1.93. The summed E-state index contributed by atoms with van der Waals surface area (Å²) in [7, 11) is 0. The highest BCUT2D eigenvalue weighted by atomic mass is 35.5. The number of aliphatic imine (C=N–C) groups is 1. The lowest BCUT2D eigenvalue weighted by molar-refractivity contribution is -0.129. The molecular formula is C17H12ClNO2. The molecule has 2 aromatic carbocycles. The van der Waals surface area contributed by atoms with Gasteiger partial charge in [-0.3, -0.25) is 0 Å². The Morgan fingerprint density at radius 3 is 2.62 bits per heavy atom. The lowest BCUT2D eigenvalue weighted by Gasteiger charge is -1.98. The summed E-state index contributed by atoms with van der Waals surface area (Å²) in [5.74, 6) is -0.175. The molecule has 0 atom stereocenters. The molecule has 0 radical (unpaired) electrons. The van der Waals surface area contributed by atoms with E-state index < -0.39 is 5.97 Å². The second kappa shape index (κ2) is 5.54. The molecule has 21 heavy (non-hydrogen) atoms. The molecule has 0 aliphatic carbocycles. The maximum atomic E-state index is 11.9. The fourth-order valence-electron chi connectivity index (χ4n) is 1.97. The second-order valence-corrected chi connectivity index (χ2v) is 5.19. The van der Waals surface area contributed by atoms with Crippen LogP contribution in [0.1, 0.15) is 16.7 Å². The van der Waals surface area contributed by atoms with Crippen LogP contribution in [0.4, 0.5) is 0 Å². The number of rotatable bonds is 2. The van der Waals surface area contributed by atoms with E-state index in [-0.39, 0.29) is 11.6 Å². The number of hydrogen-bond donors (Lipinski definition) is 0. The number of ether oxygens (including phenoxy) is 1. The quantitative estimate of drug-likeness (QED) is 0.621. The Labute approximate surface area is 127 Å². The van der Waals surface area contributed by atoms with Crippen molar-refractivity contribution in [1.29, 1.82) is 0 Å². The fourth-order valence-corrected chi connectivity index (χ4v) is 2.16. The van der Waals surface area contributed by atoms with Crippen molar-refractivity contribution in [2.75, 3.05) is 0 Å². The third kappa shape index (κ3) is 3.03. The summed E-state index contributed by atoms with van der Waals surface area (Å²) in [4.78, 5) is 16.1. The van der Waals surface area contributed by atoms with Gasteiger partial charge in [0.15, 0.2) is 5.70 Å². The lowest BCUT2D eigenvalue weighted by Crippen LogP contribution is -2.05. The van der Waals surface area contributed by atoms with E-state index in [2.05, 4.69) is 4.99 Å². The zero-order valence-electron chi connectivity index (χ0n) is 11.3. The highest BCUT2D eigenvalue weighted by Gasteiger charge is 2.24. The maximum Gasteiger partial charge on any atom is 0.363 e. The average Bonchev–Trinajstić information content (AvgIpc) is 2.83. The van der Waals surface area contributed by atoms with Gasteiger partial charge < -0.3 is 4.74 Å². The minimum atomic E-state index is -0.453. The van der Waals surface area contributed by atoms with Crippen molar-refractivity contribution >= 4 is 29.5 Å². The Hall–Kier alpha value is -2.39. The van der Waals surface area contributed by atoms with Crippen LogP contribution in [0.2, 0.25) is 5.02 Å². The third-order valence-electron chi connectivity index (χ3n) is 3.07. The molecule has 0 unspecified atom stereocenters.